The van der Waals surface area contributed by atoms with Crippen LogP contribution in [0.3, 0.4) is 0 Å². The minimum Gasteiger partial charge on any atom is -0.467 e. The molecule has 1 aliphatic heterocycles. The van der Waals surface area contributed by atoms with E-state index in [4.69, 9.17) is 14.7 Å². The SMILES string of the molecule is COC(=O)C(CC(C)C)N1CC(Oc2cccc(C#N)c2)=CC1=O. The zero-order valence-electron chi connectivity index (χ0n) is 14.0. The van der Waals surface area contributed by atoms with E-state index in [2.05, 4.69) is 0 Å². The summed E-state index contributed by atoms with van der Waals surface area (Å²) >= 11 is 0. The van der Waals surface area contributed by atoms with E-state index in [1.165, 1.54) is 18.1 Å². The summed E-state index contributed by atoms with van der Waals surface area (Å²) in [7, 11) is 1.31. The first kappa shape index (κ1) is 17.5. The number of nitriles is 1. The Labute approximate surface area is 141 Å². The maximum Gasteiger partial charge on any atom is 0.328 e. The summed E-state index contributed by atoms with van der Waals surface area (Å²) in [5.74, 6) is 0.441. The summed E-state index contributed by atoms with van der Waals surface area (Å²) in [5.41, 5.74) is 0.474. The van der Waals surface area contributed by atoms with Crippen LogP contribution in [0, 0.1) is 17.2 Å². The van der Waals surface area contributed by atoms with Gasteiger partial charge in [0.15, 0.2) is 0 Å². The molecule has 0 aliphatic carbocycles. The van der Waals surface area contributed by atoms with Gasteiger partial charge in [-0.25, -0.2) is 4.79 Å². The number of methoxy groups -OCH3 is 1. The molecule has 1 aromatic rings. The molecule has 1 heterocycles. The normalized spacial score (nSPS) is 15.0. The van der Waals surface area contributed by atoms with Gasteiger partial charge in [-0.3, -0.25) is 4.79 Å². The molecule has 1 atom stereocenters. The Bertz CT molecular complexity index is 703. The fraction of sp³-hybridized carbons (Fsp3) is 0.389. The molecular formula is C18H20N2O4. The van der Waals surface area contributed by atoms with E-state index in [1.807, 2.05) is 19.9 Å². The first-order chi connectivity index (χ1) is 11.4. The monoisotopic (exact) mass is 328 g/mol. The molecule has 1 aromatic carbocycles. The third-order valence-corrected chi connectivity index (χ3v) is 3.65. The molecule has 24 heavy (non-hydrogen) atoms. The van der Waals surface area contributed by atoms with E-state index < -0.39 is 12.0 Å². The van der Waals surface area contributed by atoms with Crippen molar-refractivity contribution < 1.29 is 19.1 Å². The van der Waals surface area contributed by atoms with Crippen LogP contribution < -0.4 is 4.74 Å². The second-order valence-corrected chi connectivity index (χ2v) is 5.99. The van der Waals surface area contributed by atoms with Gasteiger partial charge in [-0.15, -0.1) is 0 Å². The van der Waals surface area contributed by atoms with E-state index in [-0.39, 0.29) is 18.4 Å². The number of rotatable bonds is 6. The Kier molecular flexibility index (Phi) is 5.59. The summed E-state index contributed by atoms with van der Waals surface area (Å²) in [6.45, 7) is 4.16. The number of carbonyl (C=O) groups excluding carboxylic acids is 2. The number of hydrogen-bond acceptors (Lipinski definition) is 5. The van der Waals surface area contributed by atoms with Gasteiger partial charge in [0.25, 0.3) is 5.91 Å². The van der Waals surface area contributed by atoms with Crippen LogP contribution in [0.5, 0.6) is 5.75 Å². The van der Waals surface area contributed by atoms with Crippen molar-refractivity contribution in [3.8, 4) is 11.8 Å². The van der Waals surface area contributed by atoms with Crippen molar-refractivity contribution in [3.63, 3.8) is 0 Å². The predicted molar refractivity (Wildman–Crippen MR) is 86.8 cm³/mol. The zero-order valence-corrected chi connectivity index (χ0v) is 14.0. The predicted octanol–water partition coefficient (Wildman–Crippen LogP) is 2.25. The Hall–Kier alpha value is -2.81. The number of ether oxygens (including phenoxy) is 2. The van der Waals surface area contributed by atoms with Gasteiger partial charge in [0.05, 0.1) is 25.3 Å². The molecule has 0 saturated heterocycles. The highest BCUT2D eigenvalue weighted by atomic mass is 16.5. The van der Waals surface area contributed by atoms with Crippen molar-refractivity contribution in [1.29, 1.82) is 5.26 Å². The molecule has 1 aliphatic rings. The number of nitrogens with zero attached hydrogens (tertiary/aromatic N) is 2. The fourth-order valence-corrected chi connectivity index (χ4v) is 2.55. The summed E-state index contributed by atoms with van der Waals surface area (Å²) < 4.78 is 10.5. The Morgan fingerprint density at radius 3 is 2.79 bits per heavy atom. The number of hydrogen-bond donors (Lipinski definition) is 0. The first-order valence-corrected chi connectivity index (χ1v) is 7.71. The van der Waals surface area contributed by atoms with Gasteiger partial charge < -0.3 is 14.4 Å². The number of amides is 1. The lowest BCUT2D eigenvalue weighted by atomic mass is 10.0. The average molecular weight is 328 g/mol. The maximum atomic E-state index is 12.3. The van der Waals surface area contributed by atoms with Gasteiger partial charge in [-0.1, -0.05) is 19.9 Å². The molecule has 6 nitrogen and oxygen atoms in total. The molecule has 0 bridgehead atoms. The van der Waals surface area contributed by atoms with Crippen LogP contribution in [-0.2, 0) is 14.3 Å². The van der Waals surface area contributed by atoms with Gasteiger partial charge in [-0.05, 0) is 30.5 Å². The van der Waals surface area contributed by atoms with Crippen LogP contribution in [0.2, 0.25) is 0 Å². The highest BCUT2D eigenvalue weighted by Gasteiger charge is 2.35. The smallest absolute Gasteiger partial charge is 0.328 e. The van der Waals surface area contributed by atoms with Crippen LogP contribution in [0.1, 0.15) is 25.8 Å². The van der Waals surface area contributed by atoms with E-state index in [0.717, 1.165) is 0 Å². The molecule has 0 saturated carbocycles. The van der Waals surface area contributed by atoms with E-state index in [0.29, 0.717) is 23.5 Å². The highest BCUT2D eigenvalue weighted by molar-refractivity contribution is 5.94. The molecule has 2 rings (SSSR count). The summed E-state index contributed by atoms with van der Waals surface area (Å²) in [4.78, 5) is 25.7. The third kappa shape index (κ3) is 4.13. The van der Waals surface area contributed by atoms with Crippen molar-refractivity contribution in [3.05, 3.63) is 41.7 Å². The standard InChI is InChI=1S/C18H20N2O4/c1-12(2)7-16(18(22)23-3)20-11-15(9-17(20)21)24-14-6-4-5-13(8-14)10-19/h4-6,8-9,12,16H,7,11H2,1-3H3. The molecule has 6 heteroatoms. The number of carbonyl (C=O) groups is 2. The summed E-state index contributed by atoms with van der Waals surface area (Å²) in [5, 5.41) is 8.92. The lowest BCUT2D eigenvalue weighted by Crippen LogP contribution is -2.44. The second-order valence-electron chi connectivity index (χ2n) is 5.99. The first-order valence-electron chi connectivity index (χ1n) is 7.71. The van der Waals surface area contributed by atoms with Gasteiger partial charge in [0.1, 0.15) is 17.6 Å². The molecule has 0 aromatic heterocycles. The molecular weight excluding hydrogens is 308 g/mol. The fourth-order valence-electron chi connectivity index (χ4n) is 2.55. The highest BCUT2D eigenvalue weighted by Crippen LogP contribution is 2.23. The largest absolute Gasteiger partial charge is 0.467 e. The van der Waals surface area contributed by atoms with Gasteiger partial charge in [0, 0.05) is 6.08 Å². The van der Waals surface area contributed by atoms with E-state index >= 15 is 0 Å². The second kappa shape index (κ2) is 7.64. The molecule has 1 unspecified atom stereocenters. The summed E-state index contributed by atoms with van der Waals surface area (Å²) in [6, 6.07) is 8.08. The van der Waals surface area contributed by atoms with Gasteiger partial charge in [-0.2, -0.15) is 5.26 Å². The molecule has 0 spiro atoms. The zero-order chi connectivity index (χ0) is 17.7. The van der Waals surface area contributed by atoms with Crippen LogP contribution in [0.25, 0.3) is 0 Å². The Balaban J connectivity index is 2.11. The Morgan fingerprint density at radius 2 is 2.17 bits per heavy atom. The lowest BCUT2D eigenvalue weighted by molar-refractivity contribution is -0.151. The third-order valence-electron chi connectivity index (χ3n) is 3.65. The summed E-state index contributed by atoms with van der Waals surface area (Å²) in [6.07, 6.45) is 1.89. The van der Waals surface area contributed by atoms with Crippen molar-refractivity contribution in [2.45, 2.75) is 26.3 Å². The van der Waals surface area contributed by atoms with Crippen molar-refractivity contribution in [2.24, 2.45) is 5.92 Å². The Morgan fingerprint density at radius 1 is 1.42 bits per heavy atom. The number of esters is 1. The number of benzene rings is 1. The van der Waals surface area contributed by atoms with Crippen LogP contribution >= 0.6 is 0 Å². The van der Waals surface area contributed by atoms with Crippen LogP contribution in [0.4, 0.5) is 0 Å². The van der Waals surface area contributed by atoms with Gasteiger partial charge >= 0.3 is 5.97 Å². The quantitative estimate of drug-likeness (QED) is 0.748. The molecule has 0 radical (unpaired) electrons. The van der Waals surface area contributed by atoms with Crippen LogP contribution in [0.15, 0.2) is 36.1 Å². The van der Waals surface area contributed by atoms with Crippen LogP contribution in [-0.4, -0.2) is 36.5 Å². The van der Waals surface area contributed by atoms with Gasteiger partial charge in [0.2, 0.25) is 0 Å². The van der Waals surface area contributed by atoms with Crippen molar-refractivity contribution in [2.75, 3.05) is 13.7 Å². The van der Waals surface area contributed by atoms with Crippen molar-refractivity contribution >= 4 is 11.9 Å². The average Bonchev–Trinajstić information content (AvgIpc) is 2.92. The van der Waals surface area contributed by atoms with Crippen molar-refractivity contribution in [1.82, 2.24) is 4.90 Å². The topological polar surface area (TPSA) is 79.6 Å². The lowest BCUT2D eigenvalue weighted by Gasteiger charge is -2.27. The molecule has 0 fully saturated rings. The van der Waals surface area contributed by atoms with E-state index in [1.54, 1.807) is 24.3 Å². The minimum absolute atomic E-state index is 0.197. The molecule has 1 amide bonds. The maximum absolute atomic E-state index is 12.3. The molecule has 0 N–H and O–H groups in total. The van der Waals surface area contributed by atoms with E-state index in [9.17, 15) is 9.59 Å². The molecule has 126 valence electrons. The minimum atomic E-state index is -0.634.